The predicted octanol–water partition coefficient (Wildman–Crippen LogP) is 3.99. The van der Waals surface area contributed by atoms with Crippen LogP contribution in [0.2, 0.25) is 5.02 Å². The summed E-state index contributed by atoms with van der Waals surface area (Å²) in [7, 11) is 1.62. The van der Waals surface area contributed by atoms with E-state index in [1.807, 2.05) is 53.1 Å². The number of imidazole rings is 1. The van der Waals surface area contributed by atoms with Gasteiger partial charge in [0.25, 0.3) is 5.91 Å². The Morgan fingerprint density at radius 2 is 2.07 bits per heavy atom. The number of ether oxygens (including phenoxy) is 1. The van der Waals surface area contributed by atoms with Crippen LogP contribution in [0.3, 0.4) is 0 Å². The third-order valence-corrected chi connectivity index (χ3v) is 4.55. The number of hydrogen-bond acceptors (Lipinski definition) is 4. The van der Waals surface area contributed by atoms with Crippen LogP contribution in [0, 0.1) is 0 Å². The van der Waals surface area contributed by atoms with Gasteiger partial charge >= 0.3 is 0 Å². The Bertz CT molecular complexity index is 1140. The molecule has 0 atom stereocenters. The van der Waals surface area contributed by atoms with Crippen molar-refractivity contribution in [1.29, 1.82) is 0 Å². The predicted molar refractivity (Wildman–Crippen MR) is 108 cm³/mol. The number of nitrogens with one attached hydrogen (secondary N) is 1. The van der Waals surface area contributed by atoms with Crippen molar-refractivity contribution in [2.45, 2.75) is 6.54 Å². The SMILES string of the molecule is COc1ccc(Cl)cc1-c1ccc2nc(C(=O)NCc3ccccn3)cn2c1. The average molecular weight is 393 g/mol. The maximum atomic E-state index is 12.4. The molecule has 0 aliphatic carbocycles. The first kappa shape index (κ1) is 18.0. The van der Waals surface area contributed by atoms with Crippen LogP contribution < -0.4 is 10.1 Å². The number of fused-ring (bicyclic) bond motifs is 1. The van der Waals surface area contributed by atoms with Crippen molar-refractivity contribution in [2.75, 3.05) is 7.11 Å². The van der Waals surface area contributed by atoms with E-state index in [9.17, 15) is 4.79 Å². The number of aromatic nitrogens is 3. The van der Waals surface area contributed by atoms with E-state index in [2.05, 4.69) is 15.3 Å². The largest absolute Gasteiger partial charge is 0.496 e. The Balaban J connectivity index is 1.60. The molecule has 1 N–H and O–H groups in total. The molecule has 0 saturated heterocycles. The molecule has 0 radical (unpaired) electrons. The lowest BCUT2D eigenvalue weighted by atomic mass is 10.1. The van der Waals surface area contributed by atoms with Crippen LogP contribution in [0.5, 0.6) is 5.75 Å². The van der Waals surface area contributed by atoms with Crippen molar-refractivity contribution in [1.82, 2.24) is 19.7 Å². The van der Waals surface area contributed by atoms with E-state index in [0.29, 0.717) is 22.9 Å². The van der Waals surface area contributed by atoms with Gasteiger partial charge in [0, 0.05) is 34.7 Å². The third-order valence-electron chi connectivity index (χ3n) is 4.31. The van der Waals surface area contributed by atoms with Gasteiger partial charge in [-0.3, -0.25) is 9.78 Å². The van der Waals surface area contributed by atoms with Gasteiger partial charge in [-0.1, -0.05) is 17.7 Å². The van der Waals surface area contributed by atoms with E-state index >= 15 is 0 Å². The van der Waals surface area contributed by atoms with E-state index < -0.39 is 0 Å². The fraction of sp³-hybridized carbons (Fsp3) is 0.0952. The van der Waals surface area contributed by atoms with E-state index in [1.54, 1.807) is 25.6 Å². The lowest BCUT2D eigenvalue weighted by molar-refractivity contribution is 0.0946. The van der Waals surface area contributed by atoms with E-state index in [0.717, 1.165) is 22.6 Å². The molecule has 0 fully saturated rings. The fourth-order valence-corrected chi connectivity index (χ4v) is 3.10. The minimum atomic E-state index is -0.253. The number of carbonyl (C=O) groups is 1. The highest BCUT2D eigenvalue weighted by atomic mass is 35.5. The zero-order chi connectivity index (χ0) is 19.5. The zero-order valence-corrected chi connectivity index (χ0v) is 15.8. The molecule has 4 aromatic rings. The molecule has 0 saturated carbocycles. The summed E-state index contributed by atoms with van der Waals surface area (Å²) in [5.74, 6) is 0.466. The highest BCUT2D eigenvalue weighted by molar-refractivity contribution is 6.31. The molecule has 0 aliphatic heterocycles. The van der Waals surface area contributed by atoms with Crippen LogP contribution >= 0.6 is 11.6 Å². The standard InChI is InChI=1S/C21H17ClN4O2/c1-28-19-7-6-15(22)10-17(19)14-5-8-20-25-18(13-26(20)12-14)21(27)24-11-16-4-2-3-9-23-16/h2-10,12-13H,11H2,1H3,(H,24,27). The fourth-order valence-electron chi connectivity index (χ4n) is 2.93. The highest BCUT2D eigenvalue weighted by Gasteiger charge is 2.13. The Morgan fingerprint density at radius 3 is 2.86 bits per heavy atom. The van der Waals surface area contributed by atoms with Crippen molar-refractivity contribution in [3.63, 3.8) is 0 Å². The Kier molecular flexibility index (Phi) is 4.95. The molecule has 0 unspecified atom stereocenters. The van der Waals surface area contributed by atoms with E-state index in [-0.39, 0.29) is 5.91 Å². The molecule has 4 rings (SSSR count). The molecule has 28 heavy (non-hydrogen) atoms. The van der Waals surface area contributed by atoms with Gasteiger partial charge in [0.2, 0.25) is 0 Å². The van der Waals surface area contributed by atoms with Crippen LogP contribution in [-0.4, -0.2) is 27.4 Å². The molecule has 7 heteroatoms. The molecule has 1 aromatic carbocycles. The molecular weight excluding hydrogens is 376 g/mol. The molecule has 0 spiro atoms. The van der Waals surface area contributed by atoms with Crippen LogP contribution in [-0.2, 0) is 6.54 Å². The van der Waals surface area contributed by atoms with Crippen LogP contribution in [0.1, 0.15) is 16.2 Å². The number of pyridine rings is 2. The van der Waals surface area contributed by atoms with Gasteiger partial charge in [0.05, 0.1) is 19.3 Å². The minimum Gasteiger partial charge on any atom is -0.496 e. The second-order valence-corrected chi connectivity index (χ2v) is 6.59. The smallest absolute Gasteiger partial charge is 0.271 e. The second kappa shape index (κ2) is 7.70. The Labute approximate surface area is 166 Å². The second-order valence-electron chi connectivity index (χ2n) is 6.16. The van der Waals surface area contributed by atoms with Crippen molar-refractivity contribution in [3.8, 4) is 16.9 Å². The first-order valence-electron chi connectivity index (χ1n) is 8.65. The summed E-state index contributed by atoms with van der Waals surface area (Å²) in [6, 6.07) is 14.8. The van der Waals surface area contributed by atoms with Crippen LogP contribution in [0.4, 0.5) is 0 Å². The quantitative estimate of drug-likeness (QED) is 0.557. The topological polar surface area (TPSA) is 68.5 Å². The number of carbonyl (C=O) groups excluding carboxylic acids is 1. The summed E-state index contributed by atoms with van der Waals surface area (Å²) >= 11 is 6.14. The maximum absolute atomic E-state index is 12.4. The average Bonchev–Trinajstić information content (AvgIpc) is 3.16. The summed E-state index contributed by atoms with van der Waals surface area (Å²) in [4.78, 5) is 21.0. The van der Waals surface area contributed by atoms with Gasteiger partial charge in [-0.05, 0) is 42.5 Å². The number of nitrogens with zero attached hydrogens (tertiary/aromatic N) is 3. The third kappa shape index (κ3) is 3.68. The van der Waals surface area contributed by atoms with Gasteiger partial charge in [0.1, 0.15) is 17.1 Å². The first-order valence-corrected chi connectivity index (χ1v) is 9.02. The van der Waals surface area contributed by atoms with E-state index in [1.165, 1.54) is 0 Å². The molecular formula is C21H17ClN4O2. The molecule has 0 bridgehead atoms. The van der Waals surface area contributed by atoms with Crippen molar-refractivity contribution >= 4 is 23.2 Å². The number of methoxy groups -OCH3 is 1. The zero-order valence-electron chi connectivity index (χ0n) is 15.1. The lowest BCUT2D eigenvalue weighted by Gasteiger charge is -2.09. The van der Waals surface area contributed by atoms with Crippen LogP contribution in [0.25, 0.3) is 16.8 Å². The summed E-state index contributed by atoms with van der Waals surface area (Å²) < 4.78 is 7.24. The number of hydrogen-bond donors (Lipinski definition) is 1. The normalized spacial score (nSPS) is 10.8. The first-order chi connectivity index (χ1) is 13.6. The van der Waals surface area contributed by atoms with E-state index in [4.69, 9.17) is 16.3 Å². The molecule has 1 amide bonds. The Morgan fingerprint density at radius 1 is 1.18 bits per heavy atom. The molecule has 6 nitrogen and oxygen atoms in total. The Hall–Kier alpha value is -3.38. The lowest BCUT2D eigenvalue weighted by Crippen LogP contribution is -2.23. The minimum absolute atomic E-state index is 0.253. The summed E-state index contributed by atoms with van der Waals surface area (Å²) in [6.45, 7) is 0.346. The van der Waals surface area contributed by atoms with Gasteiger partial charge in [0.15, 0.2) is 0 Å². The van der Waals surface area contributed by atoms with Crippen LogP contribution in [0.15, 0.2) is 67.1 Å². The van der Waals surface area contributed by atoms with Crippen molar-refractivity contribution in [2.24, 2.45) is 0 Å². The van der Waals surface area contributed by atoms with Gasteiger partial charge in [-0.25, -0.2) is 4.98 Å². The highest BCUT2D eigenvalue weighted by Crippen LogP contribution is 2.32. The molecule has 3 heterocycles. The van der Waals surface area contributed by atoms with Gasteiger partial charge in [-0.2, -0.15) is 0 Å². The molecule has 140 valence electrons. The summed E-state index contributed by atoms with van der Waals surface area (Å²) in [5.41, 5.74) is 3.57. The van der Waals surface area contributed by atoms with Crippen molar-refractivity contribution in [3.05, 3.63) is 83.5 Å². The monoisotopic (exact) mass is 392 g/mol. The summed E-state index contributed by atoms with van der Waals surface area (Å²) in [6.07, 6.45) is 5.29. The molecule has 0 aliphatic rings. The number of benzene rings is 1. The van der Waals surface area contributed by atoms with Gasteiger partial charge in [-0.15, -0.1) is 0 Å². The maximum Gasteiger partial charge on any atom is 0.271 e. The number of amides is 1. The number of halogens is 1. The summed E-state index contributed by atoms with van der Waals surface area (Å²) in [5, 5.41) is 3.45. The van der Waals surface area contributed by atoms with Crippen molar-refractivity contribution < 1.29 is 9.53 Å². The number of rotatable bonds is 5. The molecule has 3 aromatic heterocycles. The van der Waals surface area contributed by atoms with Gasteiger partial charge < -0.3 is 14.5 Å².